The van der Waals surface area contributed by atoms with Crippen LogP contribution in [0.15, 0.2) is 18.6 Å². The Balaban J connectivity index is 0.00000341. The molecule has 11 heteroatoms. The Kier molecular flexibility index (Phi) is 8.59. The van der Waals surface area contributed by atoms with Gasteiger partial charge in [0, 0.05) is 26.3 Å². The summed E-state index contributed by atoms with van der Waals surface area (Å²) in [5, 5.41) is 9.56. The minimum Gasteiger partial charge on any atom is -0.449 e. The molecule has 1 fully saturated rings. The topological polar surface area (TPSA) is 130 Å². The number of hydrogen-bond donors (Lipinski definition) is 1. The molecule has 1 saturated heterocycles. The highest BCUT2D eigenvalue weighted by Crippen LogP contribution is 2.29. The number of carbonyl (C=O) groups excluding carboxylic acids is 2. The molecule has 2 N–H and O–H groups in total. The summed E-state index contributed by atoms with van der Waals surface area (Å²) in [7, 11) is 1.93. The van der Waals surface area contributed by atoms with Crippen LogP contribution in [0.5, 0.6) is 0 Å². The number of hydrogen-bond acceptors (Lipinski definition) is 8. The van der Waals surface area contributed by atoms with Gasteiger partial charge in [-0.05, 0) is 31.4 Å². The molecule has 31 heavy (non-hydrogen) atoms. The van der Waals surface area contributed by atoms with Crippen molar-refractivity contribution in [1.29, 1.82) is 5.26 Å². The number of carbonyl (C=O) groups is 2. The number of anilines is 1. The molecule has 168 valence electrons. The number of amides is 1. The van der Waals surface area contributed by atoms with Gasteiger partial charge in [-0.1, -0.05) is 6.92 Å². The van der Waals surface area contributed by atoms with Gasteiger partial charge in [-0.15, -0.1) is 12.4 Å². The van der Waals surface area contributed by atoms with Gasteiger partial charge in [0.2, 0.25) is 5.91 Å². The molecule has 0 spiro atoms. The molecule has 1 aliphatic heterocycles. The molecule has 1 amide bonds. The first kappa shape index (κ1) is 24.4. The lowest BCUT2D eigenvalue weighted by Crippen LogP contribution is -2.52. The summed E-state index contributed by atoms with van der Waals surface area (Å²) < 4.78 is 6.59. The van der Waals surface area contributed by atoms with Gasteiger partial charge in [-0.3, -0.25) is 4.79 Å². The van der Waals surface area contributed by atoms with Crippen molar-refractivity contribution in [3.05, 3.63) is 18.6 Å². The van der Waals surface area contributed by atoms with Crippen LogP contribution >= 0.6 is 12.4 Å². The van der Waals surface area contributed by atoms with Gasteiger partial charge in [-0.2, -0.15) is 5.26 Å². The number of fused-ring (bicyclic) bond motifs is 1. The third kappa shape index (κ3) is 5.24. The van der Waals surface area contributed by atoms with Gasteiger partial charge >= 0.3 is 6.09 Å². The van der Waals surface area contributed by atoms with Crippen LogP contribution < -0.4 is 10.6 Å². The first-order valence-electron chi connectivity index (χ1n) is 10.0. The molecule has 0 aliphatic carbocycles. The van der Waals surface area contributed by atoms with E-state index in [1.807, 2.05) is 18.0 Å². The highest BCUT2D eigenvalue weighted by atomic mass is 35.5. The number of likely N-dealkylation sites (tertiary alicyclic amines) is 1. The van der Waals surface area contributed by atoms with Gasteiger partial charge in [0.15, 0.2) is 5.65 Å². The maximum Gasteiger partial charge on any atom is 0.419 e. The summed E-state index contributed by atoms with van der Waals surface area (Å²) in [5.74, 6) is 0.858. The highest BCUT2D eigenvalue weighted by Gasteiger charge is 2.32. The van der Waals surface area contributed by atoms with Crippen molar-refractivity contribution in [3.63, 3.8) is 0 Å². The number of halogens is 1. The molecular formula is C20H28ClN7O3. The lowest BCUT2D eigenvalue weighted by atomic mass is 9.92. The number of rotatable bonds is 6. The lowest BCUT2D eigenvalue weighted by molar-refractivity contribution is -0.131. The second-order valence-corrected chi connectivity index (χ2v) is 7.50. The van der Waals surface area contributed by atoms with Crippen LogP contribution in [0.3, 0.4) is 0 Å². The van der Waals surface area contributed by atoms with E-state index in [9.17, 15) is 9.59 Å². The molecular weight excluding hydrogens is 422 g/mol. The number of nitrogens with zero attached hydrogens (tertiary/aromatic N) is 6. The van der Waals surface area contributed by atoms with E-state index in [-0.39, 0.29) is 37.4 Å². The van der Waals surface area contributed by atoms with Crippen molar-refractivity contribution >= 4 is 41.3 Å². The summed E-state index contributed by atoms with van der Waals surface area (Å²) in [4.78, 5) is 37.1. The van der Waals surface area contributed by atoms with Crippen LogP contribution in [0.4, 0.5) is 10.6 Å². The van der Waals surface area contributed by atoms with E-state index in [0.29, 0.717) is 43.4 Å². The average molecular weight is 450 g/mol. The van der Waals surface area contributed by atoms with Gasteiger partial charge < -0.3 is 20.3 Å². The van der Waals surface area contributed by atoms with Gasteiger partial charge in [-0.25, -0.2) is 19.3 Å². The number of nitriles is 1. The molecule has 2 aromatic rings. The summed E-state index contributed by atoms with van der Waals surface area (Å²) in [6, 6.07) is 3.74. The SMILES string of the molecule is C[C@@H]1CCN(C(=O)CC#N)C[C@@H]1N(C)c1ncnc2c1ccn2C(=O)OCCCN.Cl. The summed E-state index contributed by atoms with van der Waals surface area (Å²) in [5.41, 5.74) is 5.90. The number of aromatic nitrogens is 3. The largest absolute Gasteiger partial charge is 0.449 e. The van der Waals surface area contributed by atoms with Crippen molar-refractivity contribution in [2.75, 3.05) is 38.2 Å². The molecule has 0 unspecified atom stereocenters. The first-order chi connectivity index (χ1) is 14.5. The van der Waals surface area contributed by atoms with Crippen molar-refractivity contribution in [1.82, 2.24) is 19.4 Å². The molecule has 2 atom stereocenters. The summed E-state index contributed by atoms with van der Waals surface area (Å²) >= 11 is 0. The smallest absolute Gasteiger partial charge is 0.419 e. The third-order valence-electron chi connectivity index (χ3n) is 5.56. The quantitative estimate of drug-likeness (QED) is 0.660. The van der Waals surface area contributed by atoms with E-state index >= 15 is 0 Å². The van der Waals surface area contributed by atoms with Crippen LogP contribution in [0, 0.1) is 17.2 Å². The Morgan fingerprint density at radius 1 is 1.42 bits per heavy atom. The average Bonchev–Trinajstić information content (AvgIpc) is 3.18. The Morgan fingerprint density at radius 3 is 2.90 bits per heavy atom. The van der Waals surface area contributed by atoms with E-state index in [1.54, 1.807) is 17.2 Å². The van der Waals surface area contributed by atoms with Crippen molar-refractivity contribution < 1.29 is 14.3 Å². The Hall–Kier alpha value is -2.90. The molecule has 0 bridgehead atoms. The van der Waals surface area contributed by atoms with E-state index in [1.165, 1.54) is 10.9 Å². The second kappa shape index (κ2) is 10.9. The Labute approximate surface area is 187 Å². The third-order valence-corrected chi connectivity index (χ3v) is 5.56. The van der Waals surface area contributed by atoms with Gasteiger partial charge in [0.05, 0.1) is 24.1 Å². The molecule has 0 radical (unpaired) electrons. The van der Waals surface area contributed by atoms with Crippen LogP contribution in [0.2, 0.25) is 0 Å². The zero-order valence-corrected chi connectivity index (χ0v) is 18.5. The van der Waals surface area contributed by atoms with Crippen LogP contribution in [0.1, 0.15) is 26.2 Å². The maximum atomic E-state index is 12.4. The predicted molar refractivity (Wildman–Crippen MR) is 118 cm³/mol. The van der Waals surface area contributed by atoms with Crippen LogP contribution in [-0.2, 0) is 9.53 Å². The molecule has 1 aliphatic rings. The van der Waals surface area contributed by atoms with E-state index < -0.39 is 6.09 Å². The number of piperidine rings is 1. The summed E-state index contributed by atoms with van der Waals surface area (Å²) in [6.45, 7) is 4.01. The summed E-state index contributed by atoms with van der Waals surface area (Å²) in [6.07, 6.45) is 3.85. The first-order valence-corrected chi connectivity index (χ1v) is 10.0. The molecule has 3 rings (SSSR count). The van der Waals surface area contributed by atoms with E-state index in [2.05, 4.69) is 16.9 Å². The zero-order valence-electron chi connectivity index (χ0n) is 17.7. The highest BCUT2D eigenvalue weighted by molar-refractivity contribution is 5.93. The normalized spacial score (nSPS) is 18.2. The van der Waals surface area contributed by atoms with Crippen molar-refractivity contribution in [3.8, 4) is 6.07 Å². The van der Waals surface area contributed by atoms with E-state index in [4.69, 9.17) is 15.7 Å². The Bertz CT molecular complexity index is 958. The van der Waals surface area contributed by atoms with Gasteiger partial charge in [0.25, 0.3) is 0 Å². The number of likely N-dealkylation sites (N-methyl/N-ethyl adjacent to an activating group) is 1. The molecule has 2 aromatic heterocycles. The predicted octanol–water partition coefficient (Wildman–Crippen LogP) is 1.77. The minimum atomic E-state index is -0.509. The lowest BCUT2D eigenvalue weighted by Gasteiger charge is -2.42. The van der Waals surface area contributed by atoms with Gasteiger partial charge in [0.1, 0.15) is 18.6 Å². The molecule has 0 aromatic carbocycles. The van der Waals surface area contributed by atoms with Crippen LogP contribution in [-0.4, -0.2) is 70.8 Å². The van der Waals surface area contributed by atoms with Crippen molar-refractivity contribution in [2.45, 2.75) is 32.2 Å². The minimum absolute atomic E-state index is 0. The zero-order chi connectivity index (χ0) is 21.7. The Morgan fingerprint density at radius 2 is 2.19 bits per heavy atom. The fourth-order valence-corrected chi connectivity index (χ4v) is 3.79. The standard InChI is InChI=1S/C20H27N7O3.ClH/c1-14-5-9-26(17(28)4-8-22)12-16(14)25(2)18-15-6-10-27(19(15)24-13-23-18)20(29)30-11-3-7-21;/h6,10,13-14,16H,3-5,7,9,11-12,21H2,1-2H3;1H/t14-,16+;/m1./s1. The fraction of sp³-hybridized carbons (Fsp3) is 0.550. The number of nitrogens with two attached hydrogens (primary N) is 1. The molecule has 10 nitrogen and oxygen atoms in total. The maximum absolute atomic E-state index is 12.4. The van der Waals surface area contributed by atoms with E-state index in [0.717, 1.165) is 11.8 Å². The number of ether oxygens (including phenoxy) is 1. The second-order valence-electron chi connectivity index (χ2n) is 7.50. The molecule has 3 heterocycles. The molecule has 0 saturated carbocycles. The van der Waals surface area contributed by atoms with Crippen molar-refractivity contribution in [2.24, 2.45) is 11.7 Å². The fourth-order valence-electron chi connectivity index (χ4n) is 3.79. The van der Waals surface area contributed by atoms with Crippen LogP contribution in [0.25, 0.3) is 11.0 Å². The monoisotopic (exact) mass is 449 g/mol.